The first-order valence-electron chi connectivity index (χ1n) is 7.01. The van der Waals surface area contributed by atoms with E-state index < -0.39 is 0 Å². The molecule has 1 aromatic rings. The molecule has 2 heterocycles. The van der Waals surface area contributed by atoms with Gasteiger partial charge in [0.2, 0.25) is 0 Å². The molecule has 2 rings (SSSR count). The maximum absolute atomic E-state index is 12.6. The molecule has 114 valence electrons. The van der Waals surface area contributed by atoms with E-state index in [9.17, 15) is 9.90 Å². The summed E-state index contributed by atoms with van der Waals surface area (Å²) in [6, 6.07) is 0. The lowest BCUT2D eigenvalue weighted by Crippen LogP contribution is -2.48. The fourth-order valence-electron chi connectivity index (χ4n) is 2.80. The van der Waals surface area contributed by atoms with Gasteiger partial charge in [0.05, 0.1) is 17.8 Å². The van der Waals surface area contributed by atoms with Gasteiger partial charge in [0.1, 0.15) is 5.82 Å². The second-order valence-electron chi connectivity index (χ2n) is 5.59. The Morgan fingerprint density at radius 2 is 2.43 bits per heavy atom. The third kappa shape index (κ3) is 3.41. The molecule has 1 atom stereocenters. The smallest absolute Gasteiger partial charge is 0.274 e. The van der Waals surface area contributed by atoms with Gasteiger partial charge >= 0.3 is 0 Å². The normalized spacial score (nSPS) is 22.1. The molecule has 1 aromatic heterocycles. The standard InChI is InChI=1S/C15H20ClN3O2/c1-3-5-15(10-20)6-4-7-19(9-15)14(21)13-12(16)8-17-11(2)18-13/h3,8,20H,1,4-7,9-10H2,2H3. The Bertz CT molecular complexity index is 550. The molecule has 1 aliphatic rings. The molecule has 0 radical (unpaired) electrons. The minimum Gasteiger partial charge on any atom is -0.396 e. The van der Waals surface area contributed by atoms with Crippen LogP contribution in [0.5, 0.6) is 0 Å². The van der Waals surface area contributed by atoms with Crippen LogP contribution in [0.25, 0.3) is 0 Å². The molecule has 0 spiro atoms. The summed E-state index contributed by atoms with van der Waals surface area (Å²) in [6.45, 7) is 6.65. The molecule has 1 aliphatic heterocycles. The van der Waals surface area contributed by atoms with Crippen LogP contribution in [-0.4, -0.2) is 45.6 Å². The molecule has 1 unspecified atom stereocenters. The maximum Gasteiger partial charge on any atom is 0.274 e. The lowest BCUT2D eigenvalue weighted by atomic mass is 9.78. The number of nitrogens with zero attached hydrogens (tertiary/aromatic N) is 3. The molecule has 0 aromatic carbocycles. The highest BCUT2D eigenvalue weighted by Gasteiger charge is 2.36. The predicted molar refractivity (Wildman–Crippen MR) is 81.2 cm³/mol. The number of carbonyl (C=O) groups excluding carboxylic acids is 1. The van der Waals surface area contributed by atoms with Gasteiger partial charge in [-0.2, -0.15) is 0 Å². The molecule has 1 N–H and O–H groups in total. The number of rotatable bonds is 4. The summed E-state index contributed by atoms with van der Waals surface area (Å²) < 4.78 is 0. The van der Waals surface area contributed by atoms with E-state index in [1.807, 2.05) is 0 Å². The molecule has 1 amide bonds. The summed E-state index contributed by atoms with van der Waals surface area (Å²) in [5.41, 5.74) is -0.0685. The molecule has 1 saturated heterocycles. The minimum absolute atomic E-state index is 0.0410. The zero-order chi connectivity index (χ0) is 15.5. The van der Waals surface area contributed by atoms with Gasteiger partial charge in [-0.15, -0.1) is 6.58 Å². The van der Waals surface area contributed by atoms with Crippen LogP contribution in [0.1, 0.15) is 35.6 Å². The Labute approximate surface area is 129 Å². The van der Waals surface area contributed by atoms with E-state index in [0.717, 1.165) is 12.8 Å². The topological polar surface area (TPSA) is 66.3 Å². The van der Waals surface area contributed by atoms with Crippen LogP contribution < -0.4 is 0 Å². The summed E-state index contributed by atoms with van der Waals surface area (Å²) in [6.07, 6.45) is 5.66. The van der Waals surface area contributed by atoms with Crippen LogP contribution in [-0.2, 0) is 0 Å². The van der Waals surface area contributed by atoms with Crippen LogP contribution in [0.4, 0.5) is 0 Å². The second-order valence-corrected chi connectivity index (χ2v) is 6.00. The molecule has 6 heteroatoms. The van der Waals surface area contributed by atoms with Crippen molar-refractivity contribution in [2.24, 2.45) is 5.41 Å². The fourth-order valence-corrected chi connectivity index (χ4v) is 2.97. The van der Waals surface area contributed by atoms with E-state index in [2.05, 4.69) is 16.5 Å². The van der Waals surface area contributed by atoms with E-state index in [4.69, 9.17) is 11.6 Å². The number of piperidine rings is 1. The average Bonchev–Trinajstić information content (AvgIpc) is 2.49. The molecule has 1 fully saturated rings. The number of aliphatic hydroxyl groups is 1. The van der Waals surface area contributed by atoms with Gasteiger partial charge in [-0.1, -0.05) is 17.7 Å². The second kappa shape index (κ2) is 6.54. The molecular weight excluding hydrogens is 290 g/mol. The Balaban J connectivity index is 2.22. The van der Waals surface area contributed by atoms with Crippen molar-refractivity contribution >= 4 is 17.5 Å². The zero-order valence-corrected chi connectivity index (χ0v) is 12.9. The highest BCUT2D eigenvalue weighted by Crippen LogP contribution is 2.34. The highest BCUT2D eigenvalue weighted by molar-refractivity contribution is 6.33. The summed E-state index contributed by atoms with van der Waals surface area (Å²) >= 11 is 6.04. The number of hydrogen-bond donors (Lipinski definition) is 1. The molecule has 0 aliphatic carbocycles. The average molecular weight is 310 g/mol. The third-order valence-corrected chi connectivity index (χ3v) is 4.21. The van der Waals surface area contributed by atoms with Crippen LogP contribution in [0.3, 0.4) is 0 Å². The lowest BCUT2D eigenvalue weighted by Gasteiger charge is -2.41. The number of carbonyl (C=O) groups is 1. The van der Waals surface area contributed by atoms with Gasteiger partial charge in [-0.05, 0) is 26.2 Å². The number of hydrogen-bond acceptors (Lipinski definition) is 4. The number of likely N-dealkylation sites (tertiary alicyclic amines) is 1. The fraction of sp³-hybridized carbons (Fsp3) is 0.533. The molecular formula is C15H20ClN3O2. The van der Waals surface area contributed by atoms with Crippen molar-refractivity contribution < 1.29 is 9.90 Å². The number of halogens is 1. The number of aliphatic hydroxyl groups excluding tert-OH is 1. The summed E-state index contributed by atoms with van der Waals surface area (Å²) in [4.78, 5) is 22.5. The van der Waals surface area contributed by atoms with Crippen LogP contribution >= 0.6 is 11.6 Å². The van der Waals surface area contributed by atoms with E-state index >= 15 is 0 Å². The Hall–Kier alpha value is -1.46. The van der Waals surface area contributed by atoms with Gasteiger partial charge in [0.25, 0.3) is 5.91 Å². The first-order chi connectivity index (χ1) is 10.0. The van der Waals surface area contributed by atoms with Crippen LogP contribution in [0.2, 0.25) is 5.02 Å². The Kier molecular flexibility index (Phi) is 4.96. The number of allylic oxidation sites excluding steroid dienone is 1. The first kappa shape index (κ1) is 15.9. The third-order valence-electron chi connectivity index (χ3n) is 3.93. The number of amides is 1. The summed E-state index contributed by atoms with van der Waals surface area (Å²) in [7, 11) is 0. The van der Waals surface area contributed by atoms with Crippen molar-refractivity contribution in [3.63, 3.8) is 0 Å². The van der Waals surface area contributed by atoms with Crippen molar-refractivity contribution in [3.8, 4) is 0 Å². The zero-order valence-electron chi connectivity index (χ0n) is 12.2. The predicted octanol–water partition coefficient (Wildman–Crippen LogP) is 2.23. The van der Waals surface area contributed by atoms with E-state index in [1.54, 1.807) is 17.9 Å². The van der Waals surface area contributed by atoms with Gasteiger partial charge in [0, 0.05) is 18.5 Å². The Morgan fingerprint density at radius 3 is 3.10 bits per heavy atom. The molecule has 21 heavy (non-hydrogen) atoms. The van der Waals surface area contributed by atoms with Crippen molar-refractivity contribution in [1.82, 2.24) is 14.9 Å². The van der Waals surface area contributed by atoms with Crippen molar-refractivity contribution in [2.75, 3.05) is 19.7 Å². The molecule has 5 nitrogen and oxygen atoms in total. The van der Waals surface area contributed by atoms with Crippen molar-refractivity contribution in [2.45, 2.75) is 26.2 Å². The minimum atomic E-state index is -0.301. The highest BCUT2D eigenvalue weighted by atomic mass is 35.5. The quantitative estimate of drug-likeness (QED) is 0.866. The SMILES string of the molecule is C=CCC1(CO)CCCN(C(=O)c2nc(C)ncc2Cl)C1. The van der Waals surface area contributed by atoms with Crippen LogP contribution in [0, 0.1) is 12.3 Å². The summed E-state index contributed by atoms with van der Waals surface area (Å²) in [5, 5.41) is 9.96. The maximum atomic E-state index is 12.6. The van der Waals surface area contributed by atoms with Crippen molar-refractivity contribution in [3.05, 3.63) is 35.4 Å². The van der Waals surface area contributed by atoms with E-state index in [0.29, 0.717) is 25.3 Å². The molecule has 0 saturated carbocycles. The van der Waals surface area contributed by atoms with E-state index in [-0.39, 0.29) is 28.6 Å². The van der Waals surface area contributed by atoms with Crippen molar-refractivity contribution in [1.29, 1.82) is 0 Å². The Morgan fingerprint density at radius 1 is 1.67 bits per heavy atom. The van der Waals surface area contributed by atoms with Crippen LogP contribution in [0.15, 0.2) is 18.9 Å². The van der Waals surface area contributed by atoms with Gasteiger partial charge in [-0.3, -0.25) is 4.79 Å². The lowest BCUT2D eigenvalue weighted by molar-refractivity contribution is 0.0281. The molecule has 0 bridgehead atoms. The van der Waals surface area contributed by atoms with Gasteiger partial charge in [0.15, 0.2) is 5.69 Å². The summed E-state index contributed by atoms with van der Waals surface area (Å²) in [5.74, 6) is 0.311. The van der Waals surface area contributed by atoms with Gasteiger partial charge < -0.3 is 10.0 Å². The number of aromatic nitrogens is 2. The monoisotopic (exact) mass is 309 g/mol. The number of aryl methyl sites for hydroxylation is 1. The first-order valence-corrected chi connectivity index (χ1v) is 7.39. The largest absolute Gasteiger partial charge is 0.396 e. The van der Waals surface area contributed by atoms with E-state index in [1.165, 1.54) is 6.20 Å². The van der Waals surface area contributed by atoms with Gasteiger partial charge in [-0.25, -0.2) is 9.97 Å².